The molecule has 2 aromatic heterocycles. The summed E-state index contributed by atoms with van der Waals surface area (Å²) >= 11 is 7.86. The first-order chi connectivity index (χ1) is 12.0. The van der Waals surface area contributed by atoms with Crippen LogP contribution >= 0.6 is 22.9 Å². The van der Waals surface area contributed by atoms with Crippen molar-refractivity contribution in [3.63, 3.8) is 0 Å². The molecule has 0 saturated heterocycles. The van der Waals surface area contributed by atoms with E-state index in [0.717, 1.165) is 21.4 Å². The van der Waals surface area contributed by atoms with Crippen molar-refractivity contribution in [1.82, 2.24) is 20.1 Å². The number of rotatable bonds is 6. The highest BCUT2D eigenvalue weighted by Gasteiger charge is 2.16. The lowest BCUT2D eigenvalue weighted by molar-refractivity contribution is 0.575. The van der Waals surface area contributed by atoms with Gasteiger partial charge in [-0.1, -0.05) is 41.1 Å². The van der Waals surface area contributed by atoms with Crippen LogP contribution in [0.15, 0.2) is 36.5 Å². The Bertz CT molecular complexity index is 841. The molecular weight excluding hydrogens is 354 g/mol. The molecule has 0 aliphatic rings. The zero-order valence-electron chi connectivity index (χ0n) is 14.8. The van der Waals surface area contributed by atoms with Crippen molar-refractivity contribution in [2.45, 2.75) is 26.4 Å². The van der Waals surface area contributed by atoms with Gasteiger partial charge in [-0.15, -0.1) is 0 Å². The molecule has 0 radical (unpaired) electrons. The SMILES string of the molecule is Cc1c([C@@H](C)NCc2sc(N(C)C)nc2Cl)cnn1-c1ccccc1. The summed E-state index contributed by atoms with van der Waals surface area (Å²) in [6, 6.07) is 10.3. The van der Waals surface area contributed by atoms with Crippen molar-refractivity contribution < 1.29 is 0 Å². The van der Waals surface area contributed by atoms with Crippen LogP contribution in [0.4, 0.5) is 5.13 Å². The smallest absolute Gasteiger partial charge is 0.186 e. The number of nitrogens with zero attached hydrogens (tertiary/aromatic N) is 4. The van der Waals surface area contributed by atoms with Gasteiger partial charge in [-0.05, 0) is 26.0 Å². The minimum Gasteiger partial charge on any atom is -0.354 e. The third-order valence-electron chi connectivity index (χ3n) is 4.10. The second-order valence-corrected chi connectivity index (χ2v) is 7.56. The summed E-state index contributed by atoms with van der Waals surface area (Å²) in [5.41, 5.74) is 3.38. The third-order valence-corrected chi connectivity index (χ3v) is 5.75. The number of benzene rings is 1. The molecule has 1 aromatic carbocycles. The third kappa shape index (κ3) is 3.86. The zero-order valence-corrected chi connectivity index (χ0v) is 16.4. The molecule has 3 aromatic rings. The lowest BCUT2D eigenvalue weighted by Crippen LogP contribution is -2.18. The monoisotopic (exact) mass is 375 g/mol. The van der Waals surface area contributed by atoms with Gasteiger partial charge in [0.15, 0.2) is 5.13 Å². The summed E-state index contributed by atoms with van der Waals surface area (Å²) in [5, 5.41) is 9.56. The van der Waals surface area contributed by atoms with Crippen LogP contribution in [0, 0.1) is 6.92 Å². The van der Waals surface area contributed by atoms with Crippen LogP contribution in [-0.2, 0) is 6.54 Å². The van der Waals surface area contributed by atoms with Gasteiger partial charge in [0.2, 0.25) is 0 Å². The Labute approximate surface area is 157 Å². The molecule has 0 bridgehead atoms. The van der Waals surface area contributed by atoms with E-state index in [-0.39, 0.29) is 6.04 Å². The molecule has 0 aliphatic carbocycles. The Morgan fingerprint density at radius 3 is 2.64 bits per heavy atom. The van der Waals surface area contributed by atoms with E-state index in [1.807, 2.05) is 48.1 Å². The Kier molecular flexibility index (Phi) is 5.42. The van der Waals surface area contributed by atoms with Crippen LogP contribution in [0.1, 0.15) is 29.1 Å². The van der Waals surface area contributed by atoms with Crippen molar-refractivity contribution in [2.24, 2.45) is 0 Å². The van der Waals surface area contributed by atoms with Gasteiger partial charge in [0.1, 0.15) is 5.15 Å². The normalized spacial score (nSPS) is 12.4. The largest absolute Gasteiger partial charge is 0.354 e. The number of hydrogen-bond acceptors (Lipinski definition) is 5. The number of anilines is 1. The first-order valence-corrected chi connectivity index (χ1v) is 9.32. The fraction of sp³-hybridized carbons (Fsp3) is 0.333. The lowest BCUT2D eigenvalue weighted by atomic mass is 10.1. The fourth-order valence-corrected chi connectivity index (χ4v) is 3.79. The quantitative estimate of drug-likeness (QED) is 0.701. The number of aromatic nitrogens is 3. The maximum atomic E-state index is 6.25. The van der Waals surface area contributed by atoms with Crippen molar-refractivity contribution in [3.05, 3.63) is 57.8 Å². The maximum Gasteiger partial charge on any atom is 0.186 e. The first kappa shape index (κ1) is 17.9. The molecule has 1 N–H and O–H groups in total. The van der Waals surface area contributed by atoms with Crippen molar-refractivity contribution >= 4 is 28.1 Å². The van der Waals surface area contributed by atoms with Crippen LogP contribution in [0.3, 0.4) is 0 Å². The van der Waals surface area contributed by atoms with Gasteiger partial charge in [0, 0.05) is 37.9 Å². The van der Waals surface area contributed by atoms with Gasteiger partial charge in [0.05, 0.1) is 16.8 Å². The number of halogens is 1. The molecule has 0 aliphatic heterocycles. The predicted molar refractivity (Wildman–Crippen MR) is 105 cm³/mol. The summed E-state index contributed by atoms with van der Waals surface area (Å²) in [7, 11) is 3.94. The van der Waals surface area contributed by atoms with Gasteiger partial charge in [-0.25, -0.2) is 9.67 Å². The molecule has 0 amide bonds. The van der Waals surface area contributed by atoms with Crippen LogP contribution in [0.2, 0.25) is 5.15 Å². The van der Waals surface area contributed by atoms with Gasteiger partial charge < -0.3 is 10.2 Å². The maximum absolute atomic E-state index is 6.25. The number of para-hydroxylation sites is 1. The summed E-state index contributed by atoms with van der Waals surface area (Å²) in [6.45, 7) is 4.92. The van der Waals surface area contributed by atoms with Gasteiger partial charge >= 0.3 is 0 Å². The van der Waals surface area contributed by atoms with Crippen LogP contribution in [-0.4, -0.2) is 28.9 Å². The van der Waals surface area contributed by atoms with Crippen LogP contribution in [0.5, 0.6) is 0 Å². The topological polar surface area (TPSA) is 46.0 Å². The van der Waals surface area contributed by atoms with Crippen molar-refractivity contribution in [1.29, 1.82) is 0 Å². The van der Waals surface area contributed by atoms with Gasteiger partial charge in [-0.2, -0.15) is 5.10 Å². The molecule has 0 unspecified atom stereocenters. The van der Waals surface area contributed by atoms with E-state index < -0.39 is 0 Å². The van der Waals surface area contributed by atoms with E-state index in [1.165, 1.54) is 5.56 Å². The Hall–Kier alpha value is -1.89. The van der Waals surface area contributed by atoms with Crippen molar-refractivity contribution in [3.8, 4) is 5.69 Å². The predicted octanol–water partition coefficient (Wildman–Crippen LogP) is 4.21. The lowest BCUT2D eigenvalue weighted by Gasteiger charge is -2.13. The highest BCUT2D eigenvalue weighted by molar-refractivity contribution is 7.16. The fourth-order valence-electron chi connectivity index (χ4n) is 2.65. The standard InChI is InChI=1S/C18H22ClN5S/c1-12(20-11-16-17(19)22-18(25-16)23(3)4)15-10-21-24(13(15)2)14-8-6-5-7-9-14/h5-10,12,20H,11H2,1-4H3/t12-/m1/s1. The molecule has 0 fully saturated rings. The Balaban J connectivity index is 1.72. The molecule has 5 nitrogen and oxygen atoms in total. The molecule has 132 valence electrons. The van der Waals surface area contributed by atoms with E-state index in [2.05, 4.69) is 41.4 Å². The Morgan fingerprint density at radius 2 is 2.00 bits per heavy atom. The van der Waals surface area contributed by atoms with E-state index in [1.54, 1.807) is 11.3 Å². The highest BCUT2D eigenvalue weighted by atomic mass is 35.5. The van der Waals surface area contributed by atoms with Crippen LogP contribution < -0.4 is 10.2 Å². The number of thiazole rings is 1. The molecule has 0 spiro atoms. The summed E-state index contributed by atoms with van der Waals surface area (Å²) in [6.07, 6.45) is 1.93. The summed E-state index contributed by atoms with van der Waals surface area (Å²) in [5.74, 6) is 0. The average Bonchev–Trinajstić information content (AvgIpc) is 3.16. The number of nitrogens with one attached hydrogen (secondary N) is 1. The van der Waals surface area contributed by atoms with Crippen LogP contribution in [0.25, 0.3) is 5.69 Å². The molecule has 2 heterocycles. The Morgan fingerprint density at radius 1 is 1.28 bits per heavy atom. The van der Waals surface area contributed by atoms with Gasteiger partial charge in [0.25, 0.3) is 0 Å². The molecule has 1 atom stereocenters. The highest BCUT2D eigenvalue weighted by Crippen LogP contribution is 2.29. The second kappa shape index (κ2) is 7.56. The van der Waals surface area contributed by atoms with E-state index in [9.17, 15) is 0 Å². The molecule has 7 heteroatoms. The molecule has 25 heavy (non-hydrogen) atoms. The minimum absolute atomic E-state index is 0.165. The van der Waals surface area contributed by atoms with Crippen molar-refractivity contribution in [2.75, 3.05) is 19.0 Å². The van der Waals surface area contributed by atoms with E-state index >= 15 is 0 Å². The summed E-state index contributed by atoms with van der Waals surface area (Å²) in [4.78, 5) is 7.39. The van der Waals surface area contributed by atoms with E-state index in [4.69, 9.17) is 11.6 Å². The number of hydrogen-bond donors (Lipinski definition) is 1. The van der Waals surface area contributed by atoms with Gasteiger partial charge in [-0.3, -0.25) is 0 Å². The van der Waals surface area contributed by atoms with E-state index in [0.29, 0.717) is 11.7 Å². The molecule has 3 rings (SSSR count). The first-order valence-electron chi connectivity index (χ1n) is 8.13. The summed E-state index contributed by atoms with van der Waals surface area (Å²) < 4.78 is 1.97. The molecular formula is C18H22ClN5S. The molecule has 0 saturated carbocycles. The average molecular weight is 376 g/mol. The second-order valence-electron chi connectivity index (χ2n) is 6.14. The minimum atomic E-state index is 0.165. The zero-order chi connectivity index (χ0) is 18.0.